The van der Waals surface area contributed by atoms with Crippen molar-refractivity contribution in [3.8, 4) is 5.75 Å². The van der Waals surface area contributed by atoms with Gasteiger partial charge < -0.3 is 36.6 Å². The topological polar surface area (TPSA) is 182 Å². The van der Waals surface area contributed by atoms with Gasteiger partial charge in [0.2, 0.25) is 17.7 Å². The van der Waals surface area contributed by atoms with Crippen LogP contribution in [0.3, 0.4) is 0 Å². The second kappa shape index (κ2) is 13.3. The van der Waals surface area contributed by atoms with Crippen molar-refractivity contribution < 1.29 is 34.5 Å². The van der Waals surface area contributed by atoms with Crippen molar-refractivity contribution in [2.24, 2.45) is 5.73 Å². The highest BCUT2D eigenvalue weighted by atomic mass is 32.2. The number of amides is 3. The molecule has 0 spiro atoms. The lowest BCUT2D eigenvalue weighted by Gasteiger charge is -2.30. The summed E-state index contributed by atoms with van der Waals surface area (Å²) in [4.78, 5) is 51.6. The van der Waals surface area contributed by atoms with Gasteiger partial charge in [-0.3, -0.25) is 14.4 Å². The summed E-state index contributed by atoms with van der Waals surface area (Å²) in [6, 6.07) is 2.08. The number of nitrogens with zero attached hydrogens (tertiary/aromatic N) is 1. The number of thioether (sulfide) groups is 1. The minimum atomic E-state index is -1.50. The smallest absolute Gasteiger partial charge is 0.328 e. The van der Waals surface area contributed by atoms with Gasteiger partial charge in [0.25, 0.3) is 0 Å². The van der Waals surface area contributed by atoms with Gasteiger partial charge in [0.1, 0.15) is 17.8 Å². The minimum Gasteiger partial charge on any atom is -0.508 e. The van der Waals surface area contributed by atoms with E-state index in [1.807, 2.05) is 6.26 Å². The molecule has 1 aromatic rings. The van der Waals surface area contributed by atoms with Gasteiger partial charge in [-0.15, -0.1) is 0 Å². The molecule has 0 bridgehead atoms. The van der Waals surface area contributed by atoms with Crippen LogP contribution in [0, 0.1) is 0 Å². The molecule has 0 radical (unpaired) electrons. The molecule has 0 aliphatic carbocycles. The summed E-state index contributed by atoms with van der Waals surface area (Å²) in [7, 11) is 0. The molecule has 194 valence electrons. The Morgan fingerprint density at radius 2 is 1.86 bits per heavy atom. The molecule has 5 atom stereocenters. The van der Waals surface area contributed by atoms with Crippen LogP contribution < -0.4 is 16.4 Å². The number of rotatable bonds is 12. The lowest BCUT2D eigenvalue weighted by Crippen LogP contribution is -2.58. The Kier molecular flexibility index (Phi) is 10.8. The van der Waals surface area contributed by atoms with E-state index in [-0.39, 0.29) is 18.7 Å². The van der Waals surface area contributed by atoms with Crippen molar-refractivity contribution in [1.82, 2.24) is 15.5 Å². The predicted octanol–water partition coefficient (Wildman–Crippen LogP) is -0.559. The molecular formula is C23H34N4O7S. The number of benzene rings is 1. The molecule has 1 aliphatic heterocycles. The van der Waals surface area contributed by atoms with Gasteiger partial charge in [0, 0.05) is 6.54 Å². The number of carboxylic acids is 1. The first-order valence-corrected chi connectivity index (χ1v) is 12.8. The summed E-state index contributed by atoms with van der Waals surface area (Å²) >= 11 is 1.50. The fourth-order valence-corrected chi connectivity index (χ4v) is 4.36. The third-order valence-corrected chi connectivity index (χ3v) is 6.48. The van der Waals surface area contributed by atoms with E-state index in [1.165, 1.54) is 35.7 Å². The lowest BCUT2D eigenvalue weighted by molar-refractivity contribution is -0.147. The quantitative estimate of drug-likeness (QED) is 0.215. The summed E-state index contributed by atoms with van der Waals surface area (Å²) < 4.78 is 0. The number of aliphatic hydroxyl groups is 1. The number of phenols is 1. The monoisotopic (exact) mass is 510 g/mol. The summed E-state index contributed by atoms with van der Waals surface area (Å²) in [5.41, 5.74) is 6.81. The molecule has 1 fully saturated rings. The van der Waals surface area contributed by atoms with E-state index < -0.39 is 54.0 Å². The first-order chi connectivity index (χ1) is 16.5. The summed E-state index contributed by atoms with van der Waals surface area (Å²) in [6.45, 7) is 1.54. The average molecular weight is 511 g/mol. The number of hydrogen-bond acceptors (Lipinski definition) is 8. The van der Waals surface area contributed by atoms with Crippen molar-refractivity contribution in [2.45, 2.75) is 62.9 Å². The van der Waals surface area contributed by atoms with Crippen LogP contribution in [-0.4, -0.2) is 92.7 Å². The van der Waals surface area contributed by atoms with Crippen LogP contribution >= 0.6 is 11.8 Å². The van der Waals surface area contributed by atoms with Gasteiger partial charge >= 0.3 is 5.97 Å². The Balaban J connectivity index is 2.09. The SMILES string of the molecule is CSCCC(NC(=O)C(N)Cc1ccc(O)cc1)C(=O)N1CCCC1C(=O)NC(C(=O)O)C(C)O. The van der Waals surface area contributed by atoms with E-state index >= 15 is 0 Å². The second-order valence-electron chi connectivity index (χ2n) is 8.57. The van der Waals surface area contributed by atoms with Crippen LogP contribution in [0.1, 0.15) is 31.7 Å². The van der Waals surface area contributed by atoms with Crippen LogP contribution in [0.4, 0.5) is 0 Å². The molecule has 1 aromatic carbocycles. The summed E-state index contributed by atoms with van der Waals surface area (Å²) in [5.74, 6) is -2.32. The maximum Gasteiger partial charge on any atom is 0.328 e. The standard InChI is InChI=1S/C23H34N4O7S/c1-13(28)19(23(33)34)26-21(31)18-4-3-10-27(18)22(32)17(9-11-35-2)25-20(30)16(24)12-14-5-7-15(29)8-6-14/h5-8,13,16-19,28-29H,3-4,9-12,24H2,1-2H3,(H,25,30)(H,26,31)(H,33,34). The maximum atomic E-state index is 13.4. The zero-order chi connectivity index (χ0) is 26.1. The van der Waals surface area contributed by atoms with Crippen molar-refractivity contribution in [1.29, 1.82) is 0 Å². The first-order valence-electron chi connectivity index (χ1n) is 11.4. The Hall–Kier alpha value is -2.83. The zero-order valence-corrected chi connectivity index (χ0v) is 20.7. The largest absolute Gasteiger partial charge is 0.508 e. The fraction of sp³-hybridized carbons (Fsp3) is 0.565. The molecule has 0 aromatic heterocycles. The van der Waals surface area contributed by atoms with Gasteiger partial charge in [-0.1, -0.05) is 12.1 Å². The molecule has 5 unspecified atom stereocenters. The maximum absolute atomic E-state index is 13.4. The number of aliphatic carboxylic acids is 1. The number of nitrogens with two attached hydrogens (primary N) is 1. The van der Waals surface area contributed by atoms with Crippen LogP contribution in [-0.2, 0) is 25.6 Å². The predicted molar refractivity (Wildman–Crippen MR) is 131 cm³/mol. The van der Waals surface area contributed by atoms with E-state index in [0.29, 0.717) is 25.0 Å². The van der Waals surface area contributed by atoms with Gasteiger partial charge in [0.15, 0.2) is 6.04 Å². The molecule has 35 heavy (non-hydrogen) atoms. The normalized spacial score (nSPS) is 18.9. The number of nitrogens with one attached hydrogen (secondary N) is 2. The number of carbonyl (C=O) groups excluding carboxylic acids is 3. The Bertz CT molecular complexity index is 896. The third-order valence-electron chi connectivity index (χ3n) is 5.84. The molecule has 1 saturated heterocycles. The summed E-state index contributed by atoms with van der Waals surface area (Å²) in [6.07, 6.45) is 1.97. The van der Waals surface area contributed by atoms with Crippen molar-refractivity contribution in [3.63, 3.8) is 0 Å². The van der Waals surface area contributed by atoms with Gasteiger partial charge in [0.05, 0.1) is 12.1 Å². The van der Waals surface area contributed by atoms with Crippen LogP contribution in [0.15, 0.2) is 24.3 Å². The molecule has 11 nitrogen and oxygen atoms in total. The number of aromatic hydroxyl groups is 1. The van der Waals surface area contributed by atoms with Crippen molar-refractivity contribution >= 4 is 35.5 Å². The molecule has 3 amide bonds. The highest BCUT2D eigenvalue weighted by molar-refractivity contribution is 7.98. The van der Waals surface area contributed by atoms with E-state index in [0.717, 1.165) is 5.56 Å². The number of likely N-dealkylation sites (tertiary alicyclic amines) is 1. The van der Waals surface area contributed by atoms with Gasteiger partial charge in [-0.2, -0.15) is 11.8 Å². The number of aliphatic hydroxyl groups excluding tert-OH is 1. The lowest BCUT2D eigenvalue weighted by atomic mass is 10.0. The molecule has 1 aliphatic rings. The van der Waals surface area contributed by atoms with E-state index in [4.69, 9.17) is 5.73 Å². The Morgan fingerprint density at radius 1 is 1.20 bits per heavy atom. The highest BCUT2D eigenvalue weighted by Crippen LogP contribution is 2.20. The van der Waals surface area contributed by atoms with Gasteiger partial charge in [-0.05, 0) is 62.3 Å². The fourth-order valence-electron chi connectivity index (χ4n) is 3.89. The molecule has 2 rings (SSSR count). The van der Waals surface area contributed by atoms with Crippen LogP contribution in [0.5, 0.6) is 5.75 Å². The second-order valence-corrected chi connectivity index (χ2v) is 9.56. The van der Waals surface area contributed by atoms with Crippen LogP contribution in [0.2, 0.25) is 0 Å². The Labute approximate surface area is 208 Å². The first kappa shape index (κ1) is 28.4. The van der Waals surface area contributed by atoms with E-state index in [9.17, 15) is 34.5 Å². The van der Waals surface area contributed by atoms with Gasteiger partial charge in [-0.25, -0.2) is 4.79 Å². The highest BCUT2D eigenvalue weighted by Gasteiger charge is 2.39. The number of carboxylic acid groups (broad SMARTS) is 1. The summed E-state index contributed by atoms with van der Waals surface area (Å²) in [5, 5.41) is 33.3. The van der Waals surface area contributed by atoms with Crippen LogP contribution in [0.25, 0.3) is 0 Å². The number of hydrogen-bond donors (Lipinski definition) is 6. The van der Waals surface area contributed by atoms with E-state index in [2.05, 4.69) is 10.6 Å². The molecule has 1 heterocycles. The zero-order valence-electron chi connectivity index (χ0n) is 19.8. The average Bonchev–Trinajstić information content (AvgIpc) is 3.30. The molecule has 12 heteroatoms. The number of phenolic OH excluding ortho intramolecular Hbond substituents is 1. The molecule has 0 saturated carbocycles. The van der Waals surface area contributed by atoms with Crippen molar-refractivity contribution in [2.75, 3.05) is 18.6 Å². The molecular weight excluding hydrogens is 476 g/mol. The minimum absolute atomic E-state index is 0.0989. The molecule has 7 N–H and O–H groups in total. The van der Waals surface area contributed by atoms with Crippen molar-refractivity contribution in [3.05, 3.63) is 29.8 Å². The van der Waals surface area contributed by atoms with E-state index in [1.54, 1.807) is 12.1 Å². The third kappa shape index (κ3) is 8.11. The Morgan fingerprint density at radius 3 is 2.43 bits per heavy atom. The number of carbonyl (C=O) groups is 4.